The van der Waals surface area contributed by atoms with Crippen molar-refractivity contribution in [2.24, 2.45) is 11.7 Å². The van der Waals surface area contributed by atoms with Crippen LogP contribution in [0.4, 0.5) is 0 Å². The Balaban J connectivity index is 2.14. The van der Waals surface area contributed by atoms with Crippen LogP contribution >= 0.6 is 0 Å². The Morgan fingerprint density at radius 2 is 2.12 bits per heavy atom. The zero-order valence-corrected chi connectivity index (χ0v) is 10.3. The lowest BCUT2D eigenvalue weighted by molar-refractivity contribution is -0.129. The van der Waals surface area contributed by atoms with E-state index in [0.29, 0.717) is 18.9 Å². The summed E-state index contributed by atoms with van der Waals surface area (Å²) in [4.78, 5) is 13.9. The lowest BCUT2D eigenvalue weighted by atomic mass is 10.0. The molecule has 1 aromatic rings. The average Bonchev–Trinajstić information content (AvgIpc) is 2.72. The van der Waals surface area contributed by atoms with Crippen LogP contribution in [0.2, 0.25) is 0 Å². The Morgan fingerprint density at radius 1 is 1.41 bits per heavy atom. The van der Waals surface area contributed by atoms with Gasteiger partial charge in [-0.15, -0.1) is 0 Å². The minimum Gasteiger partial charge on any atom is -0.335 e. The summed E-state index contributed by atoms with van der Waals surface area (Å²) in [5.74, 6) is 0.627. The van der Waals surface area contributed by atoms with E-state index in [1.807, 2.05) is 23.1 Å². The normalized spacial score (nSPS) is 21.9. The van der Waals surface area contributed by atoms with Crippen LogP contribution in [-0.4, -0.2) is 23.9 Å². The van der Waals surface area contributed by atoms with E-state index in [-0.39, 0.29) is 11.9 Å². The highest BCUT2D eigenvalue weighted by Gasteiger charge is 2.32. The number of nitrogens with two attached hydrogens (primary N) is 1. The molecule has 92 valence electrons. The van der Waals surface area contributed by atoms with Crippen molar-refractivity contribution in [3.05, 3.63) is 35.9 Å². The molecule has 1 fully saturated rings. The Bertz CT molecular complexity index is 377. The van der Waals surface area contributed by atoms with Gasteiger partial charge in [-0.1, -0.05) is 37.3 Å². The van der Waals surface area contributed by atoms with Gasteiger partial charge < -0.3 is 10.6 Å². The minimum absolute atomic E-state index is 0.248. The Kier molecular flexibility index (Phi) is 3.79. The van der Waals surface area contributed by atoms with Crippen LogP contribution < -0.4 is 5.73 Å². The van der Waals surface area contributed by atoms with Gasteiger partial charge in [-0.05, 0) is 24.4 Å². The molecule has 0 aromatic heterocycles. The van der Waals surface area contributed by atoms with Crippen LogP contribution in [0, 0.1) is 5.92 Å². The van der Waals surface area contributed by atoms with Crippen molar-refractivity contribution >= 4 is 5.91 Å². The first-order chi connectivity index (χ1) is 8.22. The molecule has 1 amide bonds. The largest absolute Gasteiger partial charge is 0.335 e. The fourth-order valence-corrected chi connectivity index (χ4v) is 2.39. The molecule has 1 aliphatic rings. The van der Waals surface area contributed by atoms with Crippen molar-refractivity contribution in [2.75, 3.05) is 13.1 Å². The maximum Gasteiger partial charge on any atom is 0.223 e. The summed E-state index contributed by atoms with van der Waals surface area (Å²) in [6.45, 7) is 3.49. The van der Waals surface area contributed by atoms with Crippen molar-refractivity contribution in [3.8, 4) is 0 Å². The van der Waals surface area contributed by atoms with E-state index in [9.17, 15) is 4.79 Å². The molecule has 0 spiro atoms. The SMILES string of the molecule is CC(CN)CN1C(=O)CCC1c1ccccc1. The summed E-state index contributed by atoms with van der Waals surface area (Å²) >= 11 is 0. The summed E-state index contributed by atoms with van der Waals surface area (Å²) in [6, 6.07) is 10.5. The van der Waals surface area contributed by atoms with Crippen molar-refractivity contribution in [3.63, 3.8) is 0 Å². The highest BCUT2D eigenvalue weighted by atomic mass is 16.2. The van der Waals surface area contributed by atoms with Crippen LogP contribution in [0.25, 0.3) is 0 Å². The molecule has 2 unspecified atom stereocenters. The number of hydrogen-bond acceptors (Lipinski definition) is 2. The molecule has 0 aliphatic carbocycles. The Labute approximate surface area is 103 Å². The van der Waals surface area contributed by atoms with Crippen molar-refractivity contribution in [2.45, 2.75) is 25.8 Å². The zero-order valence-electron chi connectivity index (χ0n) is 10.3. The molecule has 0 saturated carbocycles. The molecular formula is C14H20N2O. The summed E-state index contributed by atoms with van der Waals surface area (Å²) in [7, 11) is 0. The van der Waals surface area contributed by atoms with Gasteiger partial charge in [-0.2, -0.15) is 0 Å². The van der Waals surface area contributed by atoms with Gasteiger partial charge in [-0.3, -0.25) is 4.79 Å². The molecule has 0 bridgehead atoms. The second kappa shape index (κ2) is 5.32. The quantitative estimate of drug-likeness (QED) is 0.862. The topological polar surface area (TPSA) is 46.3 Å². The number of rotatable bonds is 4. The van der Waals surface area contributed by atoms with E-state index < -0.39 is 0 Å². The molecule has 3 heteroatoms. The standard InChI is InChI=1S/C14H20N2O/c1-11(9-15)10-16-13(7-8-14(16)17)12-5-3-2-4-6-12/h2-6,11,13H,7-10,15H2,1H3. The summed E-state index contributed by atoms with van der Waals surface area (Å²) < 4.78 is 0. The van der Waals surface area contributed by atoms with Crippen molar-refractivity contribution in [1.29, 1.82) is 0 Å². The molecule has 1 aromatic carbocycles. The van der Waals surface area contributed by atoms with Gasteiger partial charge in [0.25, 0.3) is 0 Å². The number of likely N-dealkylation sites (tertiary alicyclic amines) is 1. The molecule has 1 saturated heterocycles. The zero-order chi connectivity index (χ0) is 12.3. The van der Waals surface area contributed by atoms with Gasteiger partial charge in [0.1, 0.15) is 0 Å². The minimum atomic E-state index is 0.248. The van der Waals surface area contributed by atoms with Gasteiger partial charge in [0, 0.05) is 13.0 Å². The first kappa shape index (κ1) is 12.1. The number of carbonyl (C=O) groups excluding carboxylic acids is 1. The predicted octanol–water partition coefficient (Wildman–Crippen LogP) is 1.94. The fourth-order valence-electron chi connectivity index (χ4n) is 2.39. The van der Waals surface area contributed by atoms with Crippen LogP contribution in [0.1, 0.15) is 31.4 Å². The highest BCUT2D eigenvalue weighted by molar-refractivity contribution is 5.79. The van der Waals surface area contributed by atoms with Gasteiger partial charge in [0.2, 0.25) is 5.91 Å². The van der Waals surface area contributed by atoms with E-state index in [1.165, 1.54) is 5.56 Å². The van der Waals surface area contributed by atoms with E-state index in [2.05, 4.69) is 19.1 Å². The number of benzene rings is 1. The second-order valence-electron chi connectivity index (χ2n) is 4.85. The lowest BCUT2D eigenvalue weighted by Gasteiger charge is -2.27. The summed E-state index contributed by atoms with van der Waals surface area (Å²) in [6.07, 6.45) is 1.59. The van der Waals surface area contributed by atoms with Gasteiger partial charge in [0.15, 0.2) is 0 Å². The van der Waals surface area contributed by atoms with Crippen LogP contribution in [-0.2, 0) is 4.79 Å². The monoisotopic (exact) mass is 232 g/mol. The third kappa shape index (κ3) is 2.67. The summed E-state index contributed by atoms with van der Waals surface area (Å²) in [5.41, 5.74) is 6.88. The van der Waals surface area contributed by atoms with Gasteiger partial charge in [0.05, 0.1) is 6.04 Å². The highest BCUT2D eigenvalue weighted by Crippen LogP contribution is 2.32. The fraction of sp³-hybridized carbons (Fsp3) is 0.500. The lowest BCUT2D eigenvalue weighted by Crippen LogP contribution is -2.34. The predicted molar refractivity (Wildman–Crippen MR) is 68.3 cm³/mol. The van der Waals surface area contributed by atoms with Crippen LogP contribution in [0.15, 0.2) is 30.3 Å². The molecule has 2 rings (SSSR count). The third-order valence-corrected chi connectivity index (χ3v) is 3.42. The number of hydrogen-bond donors (Lipinski definition) is 1. The number of nitrogens with zero attached hydrogens (tertiary/aromatic N) is 1. The molecule has 3 nitrogen and oxygen atoms in total. The van der Waals surface area contributed by atoms with Gasteiger partial charge in [-0.25, -0.2) is 0 Å². The molecular weight excluding hydrogens is 212 g/mol. The van der Waals surface area contributed by atoms with E-state index in [0.717, 1.165) is 13.0 Å². The maximum atomic E-state index is 11.9. The van der Waals surface area contributed by atoms with Crippen molar-refractivity contribution in [1.82, 2.24) is 4.90 Å². The average molecular weight is 232 g/mol. The second-order valence-corrected chi connectivity index (χ2v) is 4.85. The first-order valence-corrected chi connectivity index (χ1v) is 6.27. The number of amides is 1. The van der Waals surface area contributed by atoms with Crippen LogP contribution in [0.5, 0.6) is 0 Å². The van der Waals surface area contributed by atoms with E-state index in [1.54, 1.807) is 0 Å². The summed E-state index contributed by atoms with van der Waals surface area (Å²) in [5, 5.41) is 0. The molecule has 0 radical (unpaired) electrons. The first-order valence-electron chi connectivity index (χ1n) is 6.27. The van der Waals surface area contributed by atoms with Gasteiger partial charge >= 0.3 is 0 Å². The molecule has 2 atom stereocenters. The third-order valence-electron chi connectivity index (χ3n) is 3.42. The molecule has 1 heterocycles. The van der Waals surface area contributed by atoms with Crippen molar-refractivity contribution < 1.29 is 4.79 Å². The number of carbonyl (C=O) groups is 1. The van der Waals surface area contributed by atoms with E-state index >= 15 is 0 Å². The van der Waals surface area contributed by atoms with Crippen LogP contribution in [0.3, 0.4) is 0 Å². The molecule has 2 N–H and O–H groups in total. The Morgan fingerprint density at radius 3 is 2.76 bits per heavy atom. The molecule has 1 aliphatic heterocycles. The van der Waals surface area contributed by atoms with E-state index in [4.69, 9.17) is 5.73 Å². The Hall–Kier alpha value is -1.35. The smallest absolute Gasteiger partial charge is 0.223 e. The maximum absolute atomic E-state index is 11.9. The molecule has 17 heavy (non-hydrogen) atoms.